The van der Waals surface area contributed by atoms with Crippen LogP contribution in [0.3, 0.4) is 0 Å². The van der Waals surface area contributed by atoms with E-state index in [9.17, 15) is 4.79 Å². The molecule has 1 heterocycles. The highest BCUT2D eigenvalue weighted by Gasteiger charge is 2.16. The summed E-state index contributed by atoms with van der Waals surface area (Å²) in [6, 6.07) is 19.8. The van der Waals surface area contributed by atoms with Crippen LogP contribution in [0.1, 0.15) is 29.5 Å². The van der Waals surface area contributed by atoms with Gasteiger partial charge in [-0.05, 0) is 47.9 Å². The monoisotopic (exact) mass is 425 g/mol. The summed E-state index contributed by atoms with van der Waals surface area (Å²) in [7, 11) is 0. The van der Waals surface area contributed by atoms with Crippen molar-refractivity contribution in [3.63, 3.8) is 0 Å². The zero-order valence-corrected chi connectivity index (χ0v) is 17.8. The fourth-order valence-electron chi connectivity index (χ4n) is 3.17. The van der Waals surface area contributed by atoms with Crippen LogP contribution in [0.15, 0.2) is 65.4 Å². The fourth-order valence-corrected chi connectivity index (χ4v) is 3.17. The van der Waals surface area contributed by atoms with Crippen LogP contribution in [-0.4, -0.2) is 25.1 Å². The molecular weight excluding hydrogens is 402 g/mol. The number of rotatable bonds is 8. The van der Waals surface area contributed by atoms with Gasteiger partial charge in [-0.25, -0.2) is 4.79 Å². The van der Waals surface area contributed by atoms with Crippen molar-refractivity contribution in [3.05, 3.63) is 77.1 Å². The third-order valence-corrected chi connectivity index (χ3v) is 4.77. The van der Waals surface area contributed by atoms with Gasteiger partial charge >= 0.3 is 6.09 Å². The molecule has 1 aliphatic heterocycles. The van der Waals surface area contributed by atoms with Crippen molar-refractivity contribution in [2.24, 2.45) is 4.99 Å². The summed E-state index contributed by atoms with van der Waals surface area (Å²) in [6.45, 7) is 3.09. The third-order valence-electron chi connectivity index (χ3n) is 4.77. The number of nitrogens with zero attached hydrogens (tertiary/aromatic N) is 4. The Morgan fingerprint density at radius 3 is 2.44 bits per heavy atom. The summed E-state index contributed by atoms with van der Waals surface area (Å²) in [5.74, 6) is 0.591. The number of anilines is 1. The van der Waals surface area contributed by atoms with Crippen LogP contribution in [-0.2, 0) is 4.74 Å². The highest BCUT2D eigenvalue weighted by atomic mass is 16.6. The van der Waals surface area contributed by atoms with E-state index in [2.05, 4.69) is 22.4 Å². The number of alkyl carbamates (subject to hydrolysis) is 1. The van der Waals surface area contributed by atoms with Gasteiger partial charge in [0.05, 0.1) is 25.0 Å². The van der Waals surface area contributed by atoms with Crippen molar-refractivity contribution in [3.8, 4) is 12.1 Å². The molecular formula is C25H23N5O2. The van der Waals surface area contributed by atoms with Gasteiger partial charge in [-0.15, -0.1) is 0 Å². The molecule has 1 aliphatic rings. The van der Waals surface area contributed by atoms with Gasteiger partial charge in [0, 0.05) is 24.9 Å². The van der Waals surface area contributed by atoms with E-state index in [1.54, 1.807) is 12.2 Å². The van der Waals surface area contributed by atoms with E-state index < -0.39 is 6.09 Å². The van der Waals surface area contributed by atoms with Crippen LogP contribution in [0.25, 0.3) is 12.2 Å². The largest absolute Gasteiger partial charge is 0.419 e. The first-order chi connectivity index (χ1) is 15.6. The molecule has 7 heteroatoms. The number of nitriles is 2. The first-order valence-electron chi connectivity index (χ1n) is 10.2. The molecule has 0 aromatic heterocycles. The summed E-state index contributed by atoms with van der Waals surface area (Å²) in [5.41, 5.74) is 3.79. The lowest BCUT2D eigenvalue weighted by atomic mass is 10.1. The number of aryl methyl sites for hydroxylation is 1. The van der Waals surface area contributed by atoms with Crippen molar-refractivity contribution >= 4 is 29.8 Å². The molecule has 0 aliphatic carbocycles. The van der Waals surface area contributed by atoms with Crippen molar-refractivity contribution in [2.45, 2.75) is 19.8 Å². The molecule has 2 aromatic carbocycles. The van der Waals surface area contributed by atoms with Crippen LogP contribution in [0.4, 0.5) is 10.5 Å². The second-order valence-corrected chi connectivity index (χ2v) is 7.08. The summed E-state index contributed by atoms with van der Waals surface area (Å²) >= 11 is 0. The Morgan fingerprint density at radius 2 is 1.78 bits per heavy atom. The Bertz CT molecular complexity index is 1120. The van der Waals surface area contributed by atoms with E-state index in [1.807, 2.05) is 66.4 Å². The molecule has 0 spiro atoms. The third kappa shape index (κ3) is 6.32. The molecule has 0 saturated heterocycles. The minimum atomic E-state index is -0.590. The van der Waals surface area contributed by atoms with Gasteiger partial charge in [0.15, 0.2) is 0 Å². The molecule has 3 rings (SSSR count). The number of ether oxygens (including phenoxy) is 1. The average molecular weight is 425 g/mol. The van der Waals surface area contributed by atoms with Gasteiger partial charge in [0.2, 0.25) is 5.90 Å². The second-order valence-electron chi connectivity index (χ2n) is 7.08. The molecule has 32 heavy (non-hydrogen) atoms. The maximum atomic E-state index is 12.0. The van der Waals surface area contributed by atoms with E-state index in [4.69, 9.17) is 15.3 Å². The maximum absolute atomic E-state index is 12.0. The molecule has 0 radical (unpaired) electrons. The number of cyclic esters (lactones) is 1. The maximum Gasteiger partial charge on any atom is 0.419 e. The molecule has 160 valence electrons. The SMILES string of the molecule is Cc1cc(N(CCC#N)CCC#N)ccc1/C=C1N=C(/C=C/c2ccccc2)OC(=O)N\1. The van der Waals surface area contributed by atoms with Crippen LogP contribution in [0.2, 0.25) is 0 Å². The zero-order chi connectivity index (χ0) is 22.8. The minimum absolute atomic E-state index is 0.206. The minimum Gasteiger partial charge on any atom is -0.391 e. The van der Waals surface area contributed by atoms with Crippen LogP contribution < -0.4 is 10.2 Å². The number of amides is 1. The van der Waals surface area contributed by atoms with Crippen molar-refractivity contribution in [2.75, 3.05) is 18.0 Å². The predicted molar refractivity (Wildman–Crippen MR) is 124 cm³/mol. The van der Waals surface area contributed by atoms with Gasteiger partial charge < -0.3 is 9.64 Å². The lowest BCUT2D eigenvalue weighted by Crippen LogP contribution is -2.30. The molecule has 7 nitrogen and oxygen atoms in total. The number of carbonyl (C=O) groups is 1. The average Bonchev–Trinajstić information content (AvgIpc) is 2.80. The Hall–Kier alpha value is -4.36. The van der Waals surface area contributed by atoms with Gasteiger partial charge in [0.1, 0.15) is 5.82 Å². The van der Waals surface area contributed by atoms with Crippen molar-refractivity contribution in [1.82, 2.24) is 5.32 Å². The van der Waals surface area contributed by atoms with Gasteiger partial charge in [-0.1, -0.05) is 36.4 Å². The van der Waals surface area contributed by atoms with Gasteiger partial charge in [-0.2, -0.15) is 15.5 Å². The topological polar surface area (TPSA) is 102 Å². The van der Waals surface area contributed by atoms with Crippen LogP contribution in [0.5, 0.6) is 0 Å². The van der Waals surface area contributed by atoms with Crippen LogP contribution >= 0.6 is 0 Å². The van der Waals surface area contributed by atoms with Crippen molar-refractivity contribution in [1.29, 1.82) is 10.5 Å². The standard InChI is InChI=1S/C25H23N5O2/c1-19-17-22(30(15-5-13-26)16-6-14-27)11-10-21(19)18-23-28-24(32-25(31)29-23)12-9-20-7-3-2-4-8-20/h2-4,7-12,17-18H,5-6,15-16H2,1H3,(H,29,31)/b12-9+,23-18+. The summed E-state index contributed by atoms with van der Waals surface area (Å²) < 4.78 is 5.14. The summed E-state index contributed by atoms with van der Waals surface area (Å²) in [4.78, 5) is 18.4. The highest BCUT2D eigenvalue weighted by molar-refractivity contribution is 6.01. The fraction of sp³-hybridized carbons (Fsp3) is 0.200. The number of nitrogens with one attached hydrogen (secondary N) is 1. The highest BCUT2D eigenvalue weighted by Crippen LogP contribution is 2.22. The molecule has 0 fully saturated rings. The summed E-state index contributed by atoms with van der Waals surface area (Å²) in [6.07, 6.45) is 5.44. The van der Waals surface area contributed by atoms with E-state index in [0.29, 0.717) is 31.8 Å². The molecule has 1 amide bonds. The smallest absolute Gasteiger partial charge is 0.391 e. The van der Waals surface area contributed by atoms with Gasteiger partial charge in [-0.3, -0.25) is 5.32 Å². The van der Waals surface area contributed by atoms with E-state index >= 15 is 0 Å². The number of hydrogen-bond acceptors (Lipinski definition) is 6. The molecule has 1 N–H and O–H groups in total. The Balaban J connectivity index is 1.81. The Labute approximate surface area is 187 Å². The zero-order valence-electron chi connectivity index (χ0n) is 17.8. The van der Waals surface area contributed by atoms with E-state index in [0.717, 1.165) is 22.4 Å². The molecule has 0 atom stereocenters. The van der Waals surface area contributed by atoms with E-state index in [-0.39, 0.29) is 5.90 Å². The summed E-state index contributed by atoms with van der Waals surface area (Å²) in [5, 5.41) is 20.4. The van der Waals surface area contributed by atoms with Crippen LogP contribution in [0, 0.1) is 29.6 Å². The molecule has 0 saturated carbocycles. The first kappa shape index (κ1) is 22.3. The van der Waals surface area contributed by atoms with Crippen molar-refractivity contribution < 1.29 is 9.53 Å². The Morgan fingerprint density at radius 1 is 1.06 bits per heavy atom. The first-order valence-corrected chi connectivity index (χ1v) is 10.2. The number of aliphatic imine (C=N–C) groups is 1. The number of hydrogen-bond donors (Lipinski definition) is 1. The second kappa shape index (κ2) is 11.1. The molecule has 0 unspecified atom stereocenters. The van der Waals surface area contributed by atoms with E-state index in [1.165, 1.54) is 0 Å². The number of benzene rings is 2. The predicted octanol–water partition coefficient (Wildman–Crippen LogP) is 4.78. The number of carbonyl (C=O) groups excluding carboxylic acids is 1. The molecule has 2 aromatic rings. The Kier molecular flexibility index (Phi) is 7.78. The quantitative estimate of drug-likeness (QED) is 0.656. The normalized spacial score (nSPS) is 14.3. The lowest BCUT2D eigenvalue weighted by Gasteiger charge is -2.23. The van der Waals surface area contributed by atoms with Gasteiger partial charge in [0.25, 0.3) is 0 Å². The molecule has 0 bridgehead atoms. The lowest BCUT2D eigenvalue weighted by molar-refractivity contribution is 0.198.